The molecule has 0 unspecified atom stereocenters. The number of carbonyl (C=O) groups excluding carboxylic acids is 1. The van der Waals surface area contributed by atoms with E-state index in [1.807, 2.05) is 54.6 Å². The van der Waals surface area contributed by atoms with Crippen molar-refractivity contribution >= 4 is 5.91 Å². The second-order valence-electron chi connectivity index (χ2n) is 8.02. The molecule has 3 heteroatoms. The number of rotatable bonds is 4. The van der Waals surface area contributed by atoms with E-state index in [2.05, 4.69) is 41.3 Å². The van der Waals surface area contributed by atoms with Gasteiger partial charge in [0, 0.05) is 17.9 Å². The second kappa shape index (κ2) is 7.49. The average molecular weight is 383 g/mol. The maximum Gasteiger partial charge on any atom is 0.229 e. The van der Waals surface area contributed by atoms with Crippen molar-refractivity contribution in [2.45, 2.75) is 31.0 Å². The van der Waals surface area contributed by atoms with Crippen LogP contribution in [0.3, 0.4) is 0 Å². The largest absolute Gasteiger partial charge is 0.349 e. The highest BCUT2D eigenvalue weighted by Gasteiger charge is 2.55. The standard InChI is InChI=1S/C26H25NO2/c28-25-22(18-20-10-4-1-5-11-20)16-17-26(23-14-8-3-9-15-23)27(25)24(19-29-26)21-12-6-2-7-13-21/h1-15,22,24H,16-19H2/t22-,24-,26+/m0/s1. The molecule has 1 amide bonds. The number of carbonyl (C=O) groups is 1. The number of hydrogen-bond acceptors (Lipinski definition) is 2. The number of nitrogens with zero attached hydrogens (tertiary/aromatic N) is 1. The third-order valence-corrected chi connectivity index (χ3v) is 6.33. The molecule has 0 N–H and O–H groups in total. The van der Waals surface area contributed by atoms with Crippen molar-refractivity contribution in [1.29, 1.82) is 0 Å². The van der Waals surface area contributed by atoms with E-state index >= 15 is 0 Å². The first kappa shape index (κ1) is 18.1. The van der Waals surface area contributed by atoms with E-state index < -0.39 is 5.72 Å². The van der Waals surface area contributed by atoms with E-state index in [4.69, 9.17) is 4.74 Å². The van der Waals surface area contributed by atoms with E-state index in [0.29, 0.717) is 6.61 Å². The van der Waals surface area contributed by atoms with Gasteiger partial charge in [0.1, 0.15) is 0 Å². The summed E-state index contributed by atoms with van der Waals surface area (Å²) in [6.45, 7) is 0.530. The molecule has 5 rings (SSSR count). The summed E-state index contributed by atoms with van der Waals surface area (Å²) in [5.74, 6) is 0.192. The molecule has 2 fully saturated rings. The lowest BCUT2D eigenvalue weighted by Crippen LogP contribution is -2.53. The van der Waals surface area contributed by atoms with Crippen LogP contribution in [0.5, 0.6) is 0 Å². The molecule has 3 aromatic rings. The molecule has 2 aliphatic rings. The minimum Gasteiger partial charge on any atom is -0.349 e. The first-order chi connectivity index (χ1) is 14.3. The van der Waals surface area contributed by atoms with Gasteiger partial charge in [0.15, 0.2) is 5.72 Å². The Kier molecular flexibility index (Phi) is 4.69. The summed E-state index contributed by atoms with van der Waals surface area (Å²) in [4.78, 5) is 15.9. The topological polar surface area (TPSA) is 29.5 Å². The van der Waals surface area contributed by atoms with E-state index in [-0.39, 0.29) is 17.9 Å². The fourth-order valence-corrected chi connectivity index (χ4v) is 4.90. The Balaban J connectivity index is 1.53. The Bertz CT molecular complexity index is 973. The molecule has 2 heterocycles. The quantitative estimate of drug-likeness (QED) is 0.628. The van der Waals surface area contributed by atoms with Gasteiger partial charge in [0.2, 0.25) is 5.91 Å². The van der Waals surface area contributed by atoms with Crippen molar-refractivity contribution in [2.75, 3.05) is 6.61 Å². The molecule has 3 nitrogen and oxygen atoms in total. The minimum absolute atomic E-state index is 0.0119. The summed E-state index contributed by atoms with van der Waals surface area (Å²) >= 11 is 0. The molecule has 0 spiro atoms. The van der Waals surface area contributed by atoms with Crippen molar-refractivity contribution < 1.29 is 9.53 Å². The van der Waals surface area contributed by atoms with E-state index in [9.17, 15) is 4.79 Å². The number of hydrogen-bond donors (Lipinski definition) is 0. The van der Waals surface area contributed by atoms with E-state index in [1.54, 1.807) is 0 Å². The summed E-state index contributed by atoms with van der Waals surface area (Å²) in [5, 5.41) is 0. The molecule has 2 saturated heterocycles. The molecule has 29 heavy (non-hydrogen) atoms. The van der Waals surface area contributed by atoms with Crippen LogP contribution in [-0.4, -0.2) is 17.4 Å². The number of ether oxygens (including phenoxy) is 1. The number of amides is 1. The smallest absolute Gasteiger partial charge is 0.229 e. The minimum atomic E-state index is -0.661. The SMILES string of the molecule is O=C1[C@H](Cc2ccccc2)CC[C@]2(c3ccccc3)OC[C@@H](c3ccccc3)N12. The van der Waals surface area contributed by atoms with Crippen molar-refractivity contribution in [2.24, 2.45) is 5.92 Å². The Labute approximate surface area is 171 Å². The average Bonchev–Trinajstić information content (AvgIpc) is 3.19. The summed E-state index contributed by atoms with van der Waals surface area (Å²) in [6.07, 6.45) is 2.44. The third kappa shape index (κ3) is 3.16. The van der Waals surface area contributed by atoms with E-state index in [0.717, 1.165) is 30.4 Å². The van der Waals surface area contributed by atoms with Crippen LogP contribution in [0, 0.1) is 5.92 Å². The number of piperidine rings is 1. The van der Waals surface area contributed by atoms with E-state index in [1.165, 1.54) is 5.56 Å². The zero-order chi connectivity index (χ0) is 19.7. The van der Waals surface area contributed by atoms with Crippen LogP contribution < -0.4 is 0 Å². The molecular formula is C26H25NO2. The predicted molar refractivity (Wildman–Crippen MR) is 113 cm³/mol. The van der Waals surface area contributed by atoms with Gasteiger partial charge in [-0.3, -0.25) is 4.79 Å². The lowest BCUT2D eigenvalue weighted by Gasteiger charge is -2.45. The van der Waals surface area contributed by atoms with Gasteiger partial charge in [-0.2, -0.15) is 0 Å². The Morgan fingerprint density at radius 1 is 0.862 bits per heavy atom. The lowest BCUT2D eigenvalue weighted by molar-refractivity contribution is -0.170. The Morgan fingerprint density at radius 2 is 1.48 bits per heavy atom. The molecule has 0 bridgehead atoms. The van der Waals surface area contributed by atoms with Crippen LogP contribution in [0.1, 0.15) is 35.6 Å². The van der Waals surface area contributed by atoms with Gasteiger partial charge in [0.25, 0.3) is 0 Å². The zero-order valence-corrected chi connectivity index (χ0v) is 16.4. The van der Waals surface area contributed by atoms with Crippen molar-refractivity contribution in [3.63, 3.8) is 0 Å². The Morgan fingerprint density at radius 3 is 2.17 bits per heavy atom. The fraction of sp³-hybridized carbons (Fsp3) is 0.269. The zero-order valence-electron chi connectivity index (χ0n) is 16.4. The molecular weight excluding hydrogens is 358 g/mol. The van der Waals surface area contributed by atoms with Gasteiger partial charge in [-0.05, 0) is 24.0 Å². The van der Waals surface area contributed by atoms with Crippen LogP contribution in [0.2, 0.25) is 0 Å². The van der Waals surface area contributed by atoms with Gasteiger partial charge in [0.05, 0.1) is 12.6 Å². The van der Waals surface area contributed by atoms with Crippen molar-refractivity contribution in [1.82, 2.24) is 4.90 Å². The third-order valence-electron chi connectivity index (χ3n) is 6.33. The number of fused-ring (bicyclic) bond motifs is 1. The van der Waals surface area contributed by atoms with Crippen LogP contribution in [0.15, 0.2) is 91.0 Å². The normalized spacial score (nSPS) is 26.3. The molecule has 3 atom stereocenters. The van der Waals surface area contributed by atoms with Crippen LogP contribution in [-0.2, 0) is 21.7 Å². The molecule has 0 aliphatic carbocycles. The summed E-state index contributed by atoms with van der Waals surface area (Å²) in [6, 6.07) is 30.8. The van der Waals surface area contributed by atoms with Crippen LogP contribution in [0.25, 0.3) is 0 Å². The molecule has 3 aromatic carbocycles. The van der Waals surface area contributed by atoms with Gasteiger partial charge in [-0.15, -0.1) is 0 Å². The molecule has 146 valence electrons. The lowest BCUT2D eigenvalue weighted by atomic mass is 9.82. The molecule has 0 saturated carbocycles. The highest BCUT2D eigenvalue weighted by molar-refractivity contribution is 5.82. The Hall–Kier alpha value is -2.91. The van der Waals surface area contributed by atoms with Gasteiger partial charge in [-0.1, -0.05) is 91.0 Å². The highest BCUT2D eigenvalue weighted by Crippen LogP contribution is 2.51. The van der Waals surface area contributed by atoms with Gasteiger partial charge >= 0.3 is 0 Å². The summed E-state index contributed by atoms with van der Waals surface area (Å²) < 4.78 is 6.47. The predicted octanol–water partition coefficient (Wildman–Crippen LogP) is 5.09. The second-order valence-corrected chi connectivity index (χ2v) is 8.02. The van der Waals surface area contributed by atoms with Crippen LogP contribution >= 0.6 is 0 Å². The summed E-state index contributed by atoms with van der Waals surface area (Å²) in [5.41, 5.74) is 2.77. The van der Waals surface area contributed by atoms with Crippen molar-refractivity contribution in [3.8, 4) is 0 Å². The van der Waals surface area contributed by atoms with Gasteiger partial charge in [-0.25, -0.2) is 0 Å². The first-order valence-electron chi connectivity index (χ1n) is 10.4. The highest BCUT2D eigenvalue weighted by atomic mass is 16.5. The maximum atomic E-state index is 13.8. The van der Waals surface area contributed by atoms with Crippen LogP contribution in [0.4, 0.5) is 0 Å². The maximum absolute atomic E-state index is 13.8. The summed E-state index contributed by atoms with van der Waals surface area (Å²) in [7, 11) is 0. The molecule has 2 aliphatic heterocycles. The first-order valence-corrected chi connectivity index (χ1v) is 10.4. The monoisotopic (exact) mass is 383 g/mol. The number of benzene rings is 3. The molecule has 0 aromatic heterocycles. The fourth-order valence-electron chi connectivity index (χ4n) is 4.90. The van der Waals surface area contributed by atoms with Gasteiger partial charge < -0.3 is 9.64 Å². The molecule has 0 radical (unpaired) electrons. The van der Waals surface area contributed by atoms with Crippen molar-refractivity contribution in [3.05, 3.63) is 108 Å².